The second-order valence-electron chi connectivity index (χ2n) is 14.7. The molecule has 1 aliphatic rings. The number of unbranched alkanes of at least 4 members (excludes halogenated alkanes) is 13. The second-order valence-corrected chi connectivity index (χ2v) is 14.7. The molecule has 2 amide bonds. The van der Waals surface area contributed by atoms with Gasteiger partial charge in [0.05, 0.1) is 39.2 Å². The predicted molar refractivity (Wildman–Crippen MR) is 209 cm³/mol. The van der Waals surface area contributed by atoms with Crippen LogP contribution in [-0.4, -0.2) is 44.8 Å². The molecule has 52 heavy (non-hydrogen) atoms. The van der Waals surface area contributed by atoms with Crippen LogP contribution >= 0.6 is 0 Å². The molecular formula is C43H53N7O2. The van der Waals surface area contributed by atoms with Crippen molar-refractivity contribution >= 4 is 55.7 Å². The van der Waals surface area contributed by atoms with Crippen LogP contribution in [0.25, 0.3) is 43.9 Å². The lowest BCUT2D eigenvalue weighted by Gasteiger charge is -2.19. The molecule has 3 heterocycles. The lowest BCUT2D eigenvalue weighted by atomic mass is 9.85. The van der Waals surface area contributed by atoms with Gasteiger partial charge in [-0.05, 0) is 66.8 Å². The first-order valence-corrected chi connectivity index (χ1v) is 19.7. The van der Waals surface area contributed by atoms with E-state index in [1.165, 1.54) is 70.6 Å². The van der Waals surface area contributed by atoms with Gasteiger partial charge in [0.25, 0.3) is 0 Å². The molecule has 0 bridgehead atoms. The first kappa shape index (κ1) is 37.1. The highest BCUT2D eigenvalue weighted by Gasteiger charge is 2.44. The number of nitrogens with zero attached hydrogens (tertiary/aromatic N) is 5. The zero-order valence-corrected chi connectivity index (χ0v) is 30.8. The van der Waals surface area contributed by atoms with E-state index in [1.807, 2.05) is 36.4 Å². The summed E-state index contributed by atoms with van der Waals surface area (Å²) in [4.78, 5) is 45.0. The van der Waals surface area contributed by atoms with Crippen LogP contribution < -0.4 is 10.6 Å². The number of nitrogens with one attached hydrogen (secondary N) is 2. The van der Waals surface area contributed by atoms with Gasteiger partial charge in [-0.25, -0.2) is 9.97 Å². The maximum atomic E-state index is 13.4. The van der Waals surface area contributed by atoms with E-state index in [2.05, 4.69) is 33.6 Å². The average Bonchev–Trinajstić information content (AvgIpc) is 3.55. The van der Waals surface area contributed by atoms with E-state index in [0.717, 1.165) is 80.7 Å². The van der Waals surface area contributed by atoms with Crippen LogP contribution in [0, 0.1) is 16.7 Å². The van der Waals surface area contributed by atoms with Gasteiger partial charge >= 0.3 is 0 Å². The van der Waals surface area contributed by atoms with Crippen molar-refractivity contribution < 1.29 is 9.59 Å². The fourth-order valence-electron chi connectivity index (χ4n) is 7.71. The number of hydrogen-bond donors (Lipinski definition) is 2. The number of nitriles is 1. The number of rotatable bonds is 20. The zero-order chi connectivity index (χ0) is 36.2. The summed E-state index contributed by atoms with van der Waals surface area (Å²) in [7, 11) is 0. The normalized spacial score (nSPS) is 13.5. The second kappa shape index (κ2) is 18.2. The van der Waals surface area contributed by atoms with E-state index >= 15 is 0 Å². The van der Waals surface area contributed by atoms with E-state index in [9.17, 15) is 14.9 Å². The molecule has 1 aliphatic carbocycles. The number of carbonyl (C=O) groups excluding carboxylic acids is 2. The minimum Gasteiger partial charge on any atom is -0.356 e. The number of carbonyl (C=O) groups is 2. The SMILES string of the molecule is CCCCCCCCCCCCCCCC(=O)NCCCCNC(=O)C1(C#N)Cc2cc3nc4c5cccnc5c5ncccc5c4nc3cc2C1. The Morgan fingerprint density at radius 3 is 1.65 bits per heavy atom. The Morgan fingerprint density at radius 2 is 1.15 bits per heavy atom. The van der Waals surface area contributed by atoms with Gasteiger partial charge in [0.2, 0.25) is 11.8 Å². The van der Waals surface area contributed by atoms with E-state index < -0.39 is 5.41 Å². The topological polar surface area (TPSA) is 134 Å². The number of amides is 2. The zero-order valence-electron chi connectivity index (χ0n) is 30.8. The molecule has 6 rings (SSSR count). The van der Waals surface area contributed by atoms with Gasteiger partial charge in [-0.3, -0.25) is 19.6 Å². The van der Waals surface area contributed by atoms with Gasteiger partial charge < -0.3 is 10.6 Å². The number of aromatic nitrogens is 4. The molecule has 0 aliphatic heterocycles. The van der Waals surface area contributed by atoms with Crippen LogP contribution in [0.15, 0.2) is 48.8 Å². The molecule has 0 spiro atoms. The monoisotopic (exact) mass is 699 g/mol. The van der Waals surface area contributed by atoms with Crippen LogP contribution in [0.5, 0.6) is 0 Å². The van der Waals surface area contributed by atoms with E-state index in [4.69, 9.17) is 9.97 Å². The standard InChI is InChI=1S/C43H53N7O2/c1-2-3-4-5-6-7-8-9-10-11-12-13-14-21-37(51)45-22-15-16-23-48-42(52)43(30-44)28-31-26-35-36(27-32(31)29-43)50-41-34-20-18-25-47-39(34)38-33(40(41)49-35)19-17-24-46-38/h17-20,24-27H,2-16,21-23,28-29H2,1H3,(H,45,51)(H,48,52). The predicted octanol–water partition coefficient (Wildman–Crippen LogP) is 8.98. The van der Waals surface area contributed by atoms with Gasteiger partial charge in [0.15, 0.2) is 0 Å². The third kappa shape index (κ3) is 8.83. The first-order chi connectivity index (χ1) is 25.5. The lowest BCUT2D eigenvalue weighted by Crippen LogP contribution is -2.41. The fraction of sp³-hybridized carbons (Fsp3) is 0.512. The van der Waals surface area contributed by atoms with Gasteiger partial charge in [0.1, 0.15) is 5.41 Å². The number of benzene rings is 2. The van der Waals surface area contributed by atoms with E-state index in [-0.39, 0.29) is 11.8 Å². The first-order valence-electron chi connectivity index (χ1n) is 19.7. The summed E-state index contributed by atoms with van der Waals surface area (Å²) >= 11 is 0. The van der Waals surface area contributed by atoms with Gasteiger partial charge in [-0.15, -0.1) is 0 Å². The van der Waals surface area contributed by atoms with Gasteiger partial charge in [-0.2, -0.15) is 5.26 Å². The summed E-state index contributed by atoms with van der Waals surface area (Å²) in [6.45, 7) is 3.33. The maximum Gasteiger partial charge on any atom is 0.241 e. The summed E-state index contributed by atoms with van der Waals surface area (Å²) in [5.41, 5.74) is 5.27. The van der Waals surface area contributed by atoms with Gasteiger partial charge in [0, 0.05) is 55.5 Å². The highest BCUT2D eigenvalue weighted by atomic mass is 16.2. The summed E-state index contributed by atoms with van der Waals surface area (Å²) in [6.07, 6.45) is 23.1. The Kier molecular flexibility index (Phi) is 12.9. The Labute approximate surface area is 307 Å². The van der Waals surface area contributed by atoms with E-state index in [1.54, 1.807) is 12.4 Å². The average molecular weight is 700 g/mol. The van der Waals surface area contributed by atoms with Crippen LogP contribution in [0.3, 0.4) is 0 Å². The molecule has 9 nitrogen and oxygen atoms in total. The molecule has 0 fully saturated rings. The Hall–Kier alpha value is -4.71. The smallest absolute Gasteiger partial charge is 0.241 e. The van der Waals surface area contributed by atoms with Crippen LogP contribution in [-0.2, 0) is 22.4 Å². The number of fused-ring (bicyclic) bond motifs is 8. The lowest BCUT2D eigenvalue weighted by molar-refractivity contribution is -0.128. The molecule has 2 N–H and O–H groups in total. The summed E-state index contributed by atoms with van der Waals surface area (Å²) < 4.78 is 0. The molecular weight excluding hydrogens is 647 g/mol. The largest absolute Gasteiger partial charge is 0.356 e. The minimum atomic E-state index is -1.17. The molecule has 272 valence electrons. The van der Waals surface area contributed by atoms with Crippen molar-refractivity contribution in [2.45, 2.75) is 122 Å². The highest BCUT2D eigenvalue weighted by molar-refractivity contribution is 6.21. The Balaban J connectivity index is 0.919. The van der Waals surface area contributed by atoms with Crippen LogP contribution in [0.4, 0.5) is 0 Å². The van der Waals surface area contributed by atoms with Crippen molar-refractivity contribution in [1.29, 1.82) is 5.26 Å². The molecule has 0 saturated heterocycles. The molecule has 3 aromatic heterocycles. The molecule has 9 heteroatoms. The summed E-state index contributed by atoms with van der Waals surface area (Å²) in [5.74, 6) is -0.139. The van der Waals surface area contributed by atoms with Gasteiger partial charge in [-0.1, -0.05) is 84.0 Å². The highest BCUT2D eigenvalue weighted by Crippen LogP contribution is 2.39. The third-order valence-corrected chi connectivity index (χ3v) is 10.7. The summed E-state index contributed by atoms with van der Waals surface area (Å²) in [5, 5.41) is 18.1. The van der Waals surface area contributed by atoms with Crippen LogP contribution in [0.1, 0.15) is 121 Å². The van der Waals surface area contributed by atoms with Crippen molar-refractivity contribution in [2.75, 3.05) is 13.1 Å². The quantitative estimate of drug-likeness (QED) is 0.0471. The van der Waals surface area contributed by atoms with Crippen molar-refractivity contribution in [3.05, 3.63) is 59.9 Å². The van der Waals surface area contributed by atoms with Crippen molar-refractivity contribution in [3.63, 3.8) is 0 Å². The molecule has 0 unspecified atom stereocenters. The van der Waals surface area contributed by atoms with Crippen molar-refractivity contribution in [2.24, 2.45) is 5.41 Å². The molecule has 5 aromatic rings. The maximum absolute atomic E-state index is 13.4. The Morgan fingerprint density at radius 1 is 0.673 bits per heavy atom. The van der Waals surface area contributed by atoms with Crippen molar-refractivity contribution in [1.82, 2.24) is 30.6 Å². The van der Waals surface area contributed by atoms with Crippen LogP contribution in [0.2, 0.25) is 0 Å². The fourth-order valence-corrected chi connectivity index (χ4v) is 7.71. The molecule has 0 atom stereocenters. The molecule has 2 aromatic carbocycles. The minimum absolute atomic E-state index is 0.109. The number of pyridine rings is 2. The third-order valence-electron chi connectivity index (χ3n) is 10.7. The molecule has 0 radical (unpaired) electrons. The Bertz CT molecular complexity index is 1950. The van der Waals surface area contributed by atoms with Crippen molar-refractivity contribution in [3.8, 4) is 6.07 Å². The van der Waals surface area contributed by atoms with E-state index in [0.29, 0.717) is 32.4 Å². The molecule has 0 saturated carbocycles. The summed E-state index contributed by atoms with van der Waals surface area (Å²) in [6, 6.07) is 14.1. The number of hydrogen-bond acceptors (Lipinski definition) is 7.